The fraction of sp³-hybridized carbons (Fsp3) is 0.286. The van der Waals surface area contributed by atoms with Crippen LogP contribution in [0.1, 0.15) is 11.3 Å². The smallest absolute Gasteiger partial charge is 0.231 e. The molecule has 1 aromatic heterocycles. The molecule has 0 N–H and O–H groups in total. The number of aryl methyl sites for hydroxylation is 1. The van der Waals surface area contributed by atoms with Crippen LogP contribution in [0, 0.1) is 6.92 Å². The maximum atomic E-state index is 5.73. The number of nitrogens with zero attached hydrogens (tertiary/aromatic N) is 1. The Morgan fingerprint density at radius 3 is 2.62 bits per heavy atom. The van der Waals surface area contributed by atoms with E-state index in [1.54, 1.807) is 14.2 Å². The van der Waals surface area contributed by atoms with Crippen molar-refractivity contribution in [1.82, 2.24) is 0 Å². The summed E-state index contributed by atoms with van der Waals surface area (Å²) in [5.41, 5.74) is 4.86. The van der Waals surface area contributed by atoms with Crippen molar-refractivity contribution in [2.24, 2.45) is 0 Å². The first kappa shape index (κ1) is 15.3. The third-order valence-corrected chi connectivity index (χ3v) is 5.44. The van der Waals surface area contributed by atoms with Crippen LogP contribution in [-0.4, -0.2) is 21.0 Å². The second-order valence-electron chi connectivity index (χ2n) is 6.64. The second kappa shape index (κ2) is 5.53. The second-order valence-corrected chi connectivity index (χ2v) is 6.64. The van der Waals surface area contributed by atoms with Crippen molar-refractivity contribution in [2.75, 3.05) is 21.0 Å². The fourth-order valence-corrected chi connectivity index (χ4v) is 4.13. The van der Waals surface area contributed by atoms with Gasteiger partial charge in [0.15, 0.2) is 35.2 Å². The lowest BCUT2D eigenvalue weighted by molar-refractivity contribution is -0.692. The molecule has 0 aliphatic carbocycles. The van der Waals surface area contributed by atoms with E-state index < -0.39 is 0 Å². The molecule has 132 valence electrons. The zero-order valence-corrected chi connectivity index (χ0v) is 15.1. The standard InChI is InChI=1S/C21H20NO4/c1-12-16-10-20(24-3)19(23-2)9-13(16)8-17-14-4-5-18-21(26-11-25-18)15(14)6-7-22(12)17/h4-5,8-10H,6-7,11H2,1-3H3/q+1. The number of ether oxygens (including phenoxy) is 4. The molecule has 0 bridgehead atoms. The Morgan fingerprint density at radius 2 is 1.81 bits per heavy atom. The predicted molar refractivity (Wildman–Crippen MR) is 97.2 cm³/mol. The molecular weight excluding hydrogens is 330 g/mol. The van der Waals surface area contributed by atoms with E-state index in [4.69, 9.17) is 18.9 Å². The predicted octanol–water partition coefficient (Wildman–Crippen LogP) is 3.40. The monoisotopic (exact) mass is 350 g/mol. The Labute approximate surface area is 151 Å². The van der Waals surface area contributed by atoms with Gasteiger partial charge in [-0.05, 0) is 29.7 Å². The lowest BCUT2D eigenvalue weighted by Gasteiger charge is -2.19. The Kier molecular flexibility index (Phi) is 3.26. The normalized spacial score (nSPS) is 14.1. The van der Waals surface area contributed by atoms with E-state index in [1.807, 2.05) is 12.1 Å². The van der Waals surface area contributed by atoms with Gasteiger partial charge in [0.05, 0.1) is 25.2 Å². The van der Waals surface area contributed by atoms with Crippen molar-refractivity contribution in [3.05, 3.63) is 41.6 Å². The van der Waals surface area contributed by atoms with Gasteiger partial charge in [0.25, 0.3) is 0 Å². The van der Waals surface area contributed by atoms with Crippen LogP contribution in [0.3, 0.4) is 0 Å². The lowest BCUT2D eigenvalue weighted by atomic mass is 9.93. The number of aromatic nitrogens is 1. The number of hydrogen-bond acceptors (Lipinski definition) is 4. The summed E-state index contributed by atoms with van der Waals surface area (Å²) in [6.07, 6.45) is 0.930. The van der Waals surface area contributed by atoms with Crippen molar-refractivity contribution < 1.29 is 23.5 Å². The van der Waals surface area contributed by atoms with E-state index in [-0.39, 0.29) is 0 Å². The maximum absolute atomic E-state index is 5.73. The van der Waals surface area contributed by atoms with Gasteiger partial charge in [0, 0.05) is 25.0 Å². The van der Waals surface area contributed by atoms with Crippen molar-refractivity contribution in [2.45, 2.75) is 19.9 Å². The number of hydrogen-bond donors (Lipinski definition) is 0. The highest BCUT2D eigenvalue weighted by Gasteiger charge is 2.32. The van der Waals surface area contributed by atoms with E-state index in [1.165, 1.54) is 27.9 Å². The Balaban J connectivity index is 1.79. The van der Waals surface area contributed by atoms with Crippen LogP contribution >= 0.6 is 0 Å². The summed E-state index contributed by atoms with van der Waals surface area (Å²) in [5.74, 6) is 3.24. The molecule has 0 radical (unpaired) electrons. The highest BCUT2D eigenvalue weighted by molar-refractivity contribution is 5.90. The van der Waals surface area contributed by atoms with Crippen LogP contribution in [0.4, 0.5) is 0 Å². The Bertz CT molecular complexity index is 1060. The van der Waals surface area contributed by atoms with Gasteiger partial charge in [0.2, 0.25) is 12.5 Å². The van der Waals surface area contributed by atoms with Gasteiger partial charge in [-0.25, -0.2) is 0 Å². The van der Waals surface area contributed by atoms with E-state index in [0.29, 0.717) is 6.79 Å². The fourth-order valence-electron chi connectivity index (χ4n) is 4.13. The molecular formula is C21H20NO4+. The average molecular weight is 350 g/mol. The minimum Gasteiger partial charge on any atom is -0.493 e. The molecule has 0 unspecified atom stereocenters. The molecule has 2 aliphatic heterocycles. The minimum atomic E-state index is 0.305. The summed E-state index contributed by atoms with van der Waals surface area (Å²) in [7, 11) is 3.34. The largest absolute Gasteiger partial charge is 0.493 e. The molecule has 2 aromatic carbocycles. The van der Waals surface area contributed by atoms with E-state index in [9.17, 15) is 0 Å². The van der Waals surface area contributed by atoms with E-state index in [2.05, 4.69) is 29.7 Å². The molecule has 0 fully saturated rings. The van der Waals surface area contributed by atoms with Gasteiger partial charge in [-0.1, -0.05) is 0 Å². The zero-order valence-electron chi connectivity index (χ0n) is 15.1. The van der Waals surface area contributed by atoms with Gasteiger partial charge >= 0.3 is 0 Å². The molecule has 0 saturated heterocycles. The summed E-state index contributed by atoms with van der Waals surface area (Å²) in [6, 6.07) is 10.5. The van der Waals surface area contributed by atoms with Gasteiger partial charge in [-0.2, -0.15) is 4.57 Å². The Morgan fingerprint density at radius 1 is 1.00 bits per heavy atom. The summed E-state index contributed by atoms with van der Waals surface area (Å²) in [6.45, 7) is 3.38. The SMILES string of the molecule is COc1cc2cc3[n+](c(C)c2cc1OC)CCc1c-3ccc2c1OCO2. The van der Waals surface area contributed by atoms with Crippen LogP contribution < -0.4 is 23.5 Å². The molecule has 3 heterocycles. The van der Waals surface area contributed by atoms with E-state index >= 15 is 0 Å². The number of benzene rings is 2. The highest BCUT2D eigenvalue weighted by atomic mass is 16.7. The number of fused-ring (bicyclic) bond motifs is 6. The quantitative estimate of drug-likeness (QED) is 0.664. The van der Waals surface area contributed by atoms with Crippen molar-refractivity contribution in [1.29, 1.82) is 0 Å². The third kappa shape index (κ3) is 2.00. The zero-order chi connectivity index (χ0) is 17.8. The molecule has 3 aromatic rings. The molecule has 5 nitrogen and oxygen atoms in total. The number of pyridine rings is 1. The van der Waals surface area contributed by atoms with Gasteiger partial charge in [-0.3, -0.25) is 0 Å². The van der Waals surface area contributed by atoms with Crippen molar-refractivity contribution >= 4 is 10.8 Å². The van der Waals surface area contributed by atoms with Crippen LogP contribution in [0.2, 0.25) is 0 Å². The van der Waals surface area contributed by atoms with Crippen LogP contribution in [0.25, 0.3) is 22.0 Å². The number of methoxy groups -OCH3 is 2. The first-order valence-electron chi connectivity index (χ1n) is 8.72. The summed E-state index contributed by atoms with van der Waals surface area (Å²) in [5, 5.41) is 2.31. The summed E-state index contributed by atoms with van der Waals surface area (Å²) in [4.78, 5) is 0. The third-order valence-electron chi connectivity index (χ3n) is 5.44. The van der Waals surface area contributed by atoms with Gasteiger partial charge < -0.3 is 18.9 Å². The molecule has 2 aliphatic rings. The van der Waals surface area contributed by atoms with E-state index in [0.717, 1.165) is 41.3 Å². The van der Waals surface area contributed by atoms with Crippen LogP contribution in [0.15, 0.2) is 30.3 Å². The molecule has 0 atom stereocenters. The average Bonchev–Trinajstić information content (AvgIpc) is 3.16. The minimum absolute atomic E-state index is 0.305. The topological polar surface area (TPSA) is 40.8 Å². The molecule has 5 rings (SSSR count). The molecule has 5 heteroatoms. The van der Waals surface area contributed by atoms with Gasteiger partial charge in [0.1, 0.15) is 0 Å². The number of rotatable bonds is 2. The molecule has 0 spiro atoms. The molecule has 26 heavy (non-hydrogen) atoms. The first-order chi connectivity index (χ1) is 12.7. The Hall–Kier alpha value is -2.95. The van der Waals surface area contributed by atoms with Gasteiger partial charge in [-0.15, -0.1) is 0 Å². The molecule has 0 amide bonds. The highest BCUT2D eigenvalue weighted by Crippen LogP contribution is 2.43. The lowest BCUT2D eigenvalue weighted by Crippen LogP contribution is -2.43. The summed E-state index contributed by atoms with van der Waals surface area (Å²) < 4.78 is 24.6. The first-order valence-corrected chi connectivity index (χ1v) is 8.72. The molecule has 0 saturated carbocycles. The summed E-state index contributed by atoms with van der Waals surface area (Å²) >= 11 is 0. The van der Waals surface area contributed by atoms with Crippen LogP contribution in [-0.2, 0) is 13.0 Å². The maximum Gasteiger partial charge on any atom is 0.231 e. The van der Waals surface area contributed by atoms with Crippen molar-refractivity contribution in [3.63, 3.8) is 0 Å². The van der Waals surface area contributed by atoms with Crippen molar-refractivity contribution in [3.8, 4) is 34.3 Å². The van der Waals surface area contributed by atoms with Crippen LogP contribution in [0.5, 0.6) is 23.0 Å².